The lowest BCUT2D eigenvalue weighted by Crippen LogP contribution is -2.30. The lowest BCUT2D eigenvalue weighted by molar-refractivity contribution is -0.159. The van der Waals surface area contributed by atoms with Gasteiger partial charge in [0.15, 0.2) is 0 Å². The van der Waals surface area contributed by atoms with Crippen molar-refractivity contribution in [3.63, 3.8) is 0 Å². The minimum atomic E-state index is -0.779. The molecule has 0 saturated heterocycles. The van der Waals surface area contributed by atoms with Crippen LogP contribution in [0.3, 0.4) is 0 Å². The molecule has 0 spiro atoms. The van der Waals surface area contributed by atoms with Gasteiger partial charge in [0, 0.05) is 6.92 Å². The largest absolute Gasteiger partial charge is 0.469 e. The van der Waals surface area contributed by atoms with Crippen molar-refractivity contribution in [1.29, 1.82) is 0 Å². The Morgan fingerprint density at radius 1 is 1.33 bits per heavy atom. The summed E-state index contributed by atoms with van der Waals surface area (Å²) in [5.41, 5.74) is -0.779. The van der Waals surface area contributed by atoms with Gasteiger partial charge in [-0.25, -0.2) is 0 Å². The molecule has 0 aliphatic carbocycles. The number of carbonyl (C=O) groups is 2. The van der Waals surface area contributed by atoms with Gasteiger partial charge in [0.25, 0.3) is 0 Å². The van der Waals surface area contributed by atoms with Crippen molar-refractivity contribution >= 4 is 11.9 Å². The summed E-state index contributed by atoms with van der Waals surface area (Å²) in [7, 11) is 1.30. The quantitative estimate of drug-likeness (QED) is 0.596. The summed E-state index contributed by atoms with van der Waals surface area (Å²) >= 11 is 0. The second kappa shape index (κ2) is 4.09. The van der Waals surface area contributed by atoms with Gasteiger partial charge in [0.05, 0.1) is 13.5 Å². The van der Waals surface area contributed by atoms with Crippen LogP contribution in [0.2, 0.25) is 0 Å². The topological polar surface area (TPSA) is 52.6 Å². The lowest BCUT2D eigenvalue weighted by Gasteiger charge is -2.22. The molecule has 0 heterocycles. The Bertz CT molecular complexity index is 183. The molecule has 12 heavy (non-hydrogen) atoms. The first kappa shape index (κ1) is 10.9. The normalized spacial score (nSPS) is 10.7. The van der Waals surface area contributed by atoms with Crippen molar-refractivity contribution in [3.05, 3.63) is 0 Å². The number of hydrogen-bond donors (Lipinski definition) is 0. The molecule has 70 valence electrons. The molecule has 0 aromatic rings. The fourth-order valence-corrected chi connectivity index (χ4v) is 0.845. The maximum atomic E-state index is 10.8. The van der Waals surface area contributed by atoms with Gasteiger partial charge >= 0.3 is 11.9 Å². The van der Waals surface area contributed by atoms with E-state index in [9.17, 15) is 9.59 Å². The molecule has 0 unspecified atom stereocenters. The van der Waals surface area contributed by atoms with Gasteiger partial charge in [-0.1, -0.05) is 0 Å². The molecular formula is C8H14O4. The van der Waals surface area contributed by atoms with Crippen LogP contribution in [0, 0.1) is 0 Å². The van der Waals surface area contributed by atoms with E-state index in [1.807, 2.05) is 0 Å². The van der Waals surface area contributed by atoms with E-state index in [0.717, 1.165) is 0 Å². The van der Waals surface area contributed by atoms with Gasteiger partial charge < -0.3 is 9.47 Å². The number of ether oxygens (including phenoxy) is 2. The summed E-state index contributed by atoms with van der Waals surface area (Å²) in [6, 6.07) is 0. The molecule has 0 fully saturated rings. The first-order chi connectivity index (χ1) is 5.37. The SMILES string of the molecule is COC(=O)CC(C)(C)OC(C)=O. The molecule has 0 amide bonds. The van der Waals surface area contributed by atoms with Crippen LogP contribution in [0.5, 0.6) is 0 Å². The second-order valence-electron chi connectivity index (χ2n) is 3.11. The van der Waals surface area contributed by atoms with Crippen LogP contribution < -0.4 is 0 Å². The van der Waals surface area contributed by atoms with E-state index in [0.29, 0.717) is 0 Å². The van der Waals surface area contributed by atoms with E-state index < -0.39 is 11.6 Å². The number of methoxy groups -OCH3 is 1. The second-order valence-corrected chi connectivity index (χ2v) is 3.11. The van der Waals surface area contributed by atoms with E-state index >= 15 is 0 Å². The van der Waals surface area contributed by atoms with Crippen molar-refractivity contribution in [3.8, 4) is 0 Å². The Labute approximate surface area is 71.8 Å². The Balaban J connectivity index is 4.03. The van der Waals surface area contributed by atoms with Gasteiger partial charge in [-0.2, -0.15) is 0 Å². The highest BCUT2D eigenvalue weighted by atomic mass is 16.6. The lowest BCUT2D eigenvalue weighted by atomic mass is 10.1. The molecule has 0 bridgehead atoms. The summed E-state index contributed by atoms with van der Waals surface area (Å²) in [4.78, 5) is 21.4. The highest BCUT2D eigenvalue weighted by Crippen LogP contribution is 2.14. The molecule has 4 nitrogen and oxygen atoms in total. The Morgan fingerprint density at radius 2 is 1.83 bits per heavy atom. The maximum Gasteiger partial charge on any atom is 0.309 e. The molecule has 0 N–H and O–H groups in total. The summed E-state index contributed by atoms with van der Waals surface area (Å²) in [5, 5.41) is 0. The Kier molecular flexibility index (Phi) is 3.73. The smallest absolute Gasteiger partial charge is 0.309 e. The molecule has 0 rings (SSSR count). The van der Waals surface area contributed by atoms with Crippen LogP contribution in [0.15, 0.2) is 0 Å². The van der Waals surface area contributed by atoms with E-state index in [1.165, 1.54) is 14.0 Å². The zero-order valence-corrected chi connectivity index (χ0v) is 7.84. The molecular weight excluding hydrogens is 160 g/mol. The zero-order chi connectivity index (χ0) is 9.78. The molecule has 0 radical (unpaired) electrons. The van der Waals surface area contributed by atoms with Crippen molar-refractivity contribution in [2.75, 3.05) is 7.11 Å². The fourth-order valence-electron chi connectivity index (χ4n) is 0.845. The van der Waals surface area contributed by atoms with Crippen LogP contribution in [0.25, 0.3) is 0 Å². The van der Waals surface area contributed by atoms with Gasteiger partial charge in [-0.15, -0.1) is 0 Å². The molecule has 4 heteroatoms. The molecule has 0 saturated carbocycles. The molecule has 0 aliphatic rings. The number of esters is 2. The highest BCUT2D eigenvalue weighted by molar-refractivity contribution is 5.72. The summed E-state index contributed by atoms with van der Waals surface area (Å²) in [6.45, 7) is 4.62. The van der Waals surface area contributed by atoms with Crippen molar-refractivity contribution in [2.45, 2.75) is 32.8 Å². The average Bonchev–Trinajstić information content (AvgIpc) is 1.83. The predicted molar refractivity (Wildman–Crippen MR) is 42.5 cm³/mol. The van der Waals surface area contributed by atoms with E-state index in [1.54, 1.807) is 13.8 Å². The Hall–Kier alpha value is -1.06. The third-order valence-corrected chi connectivity index (χ3v) is 1.22. The van der Waals surface area contributed by atoms with E-state index in [4.69, 9.17) is 4.74 Å². The van der Waals surface area contributed by atoms with Crippen LogP contribution in [-0.4, -0.2) is 24.6 Å². The van der Waals surface area contributed by atoms with Crippen LogP contribution >= 0.6 is 0 Å². The number of carbonyl (C=O) groups excluding carboxylic acids is 2. The first-order valence-corrected chi connectivity index (χ1v) is 3.64. The molecule has 0 aliphatic heterocycles. The van der Waals surface area contributed by atoms with E-state index in [2.05, 4.69) is 4.74 Å². The fraction of sp³-hybridized carbons (Fsp3) is 0.750. The van der Waals surface area contributed by atoms with Crippen LogP contribution in [-0.2, 0) is 19.1 Å². The zero-order valence-electron chi connectivity index (χ0n) is 7.84. The number of rotatable bonds is 3. The Morgan fingerprint density at radius 3 is 2.17 bits per heavy atom. The van der Waals surface area contributed by atoms with E-state index in [-0.39, 0.29) is 12.4 Å². The molecule has 0 atom stereocenters. The van der Waals surface area contributed by atoms with Crippen LogP contribution in [0.4, 0.5) is 0 Å². The maximum absolute atomic E-state index is 10.8. The first-order valence-electron chi connectivity index (χ1n) is 3.64. The van der Waals surface area contributed by atoms with Gasteiger partial charge in [-0.05, 0) is 13.8 Å². The predicted octanol–water partition coefficient (Wildman–Crippen LogP) is 0.891. The standard InChI is InChI=1S/C8H14O4/c1-6(9)12-8(2,3)5-7(10)11-4/h5H2,1-4H3. The minimum Gasteiger partial charge on any atom is -0.469 e. The monoisotopic (exact) mass is 174 g/mol. The van der Waals surface area contributed by atoms with Crippen molar-refractivity contribution < 1.29 is 19.1 Å². The average molecular weight is 174 g/mol. The highest BCUT2D eigenvalue weighted by Gasteiger charge is 2.25. The minimum absolute atomic E-state index is 0.0725. The third kappa shape index (κ3) is 4.71. The molecule has 0 aromatic carbocycles. The summed E-state index contributed by atoms with van der Waals surface area (Å²) in [5.74, 6) is -0.787. The van der Waals surface area contributed by atoms with Crippen LogP contribution in [0.1, 0.15) is 27.2 Å². The third-order valence-electron chi connectivity index (χ3n) is 1.22. The summed E-state index contributed by atoms with van der Waals surface area (Å²) in [6.07, 6.45) is 0.0725. The van der Waals surface area contributed by atoms with Gasteiger partial charge in [0.2, 0.25) is 0 Å². The van der Waals surface area contributed by atoms with Crippen molar-refractivity contribution in [1.82, 2.24) is 0 Å². The molecule has 0 aromatic heterocycles. The van der Waals surface area contributed by atoms with Gasteiger partial charge in [-0.3, -0.25) is 9.59 Å². The number of hydrogen-bond acceptors (Lipinski definition) is 4. The summed E-state index contributed by atoms with van der Waals surface area (Å²) < 4.78 is 9.31. The van der Waals surface area contributed by atoms with Crippen molar-refractivity contribution in [2.24, 2.45) is 0 Å². The van der Waals surface area contributed by atoms with Gasteiger partial charge in [0.1, 0.15) is 5.60 Å².